The van der Waals surface area contributed by atoms with Crippen molar-refractivity contribution in [3.63, 3.8) is 0 Å². The molecule has 0 saturated carbocycles. The molecule has 0 radical (unpaired) electrons. The number of thioether (sulfide) groups is 1. The number of carboxylic acids is 1. The fourth-order valence-corrected chi connectivity index (χ4v) is 10.5. The van der Waals surface area contributed by atoms with Gasteiger partial charge in [-0.3, -0.25) is 53.0 Å². The van der Waals surface area contributed by atoms with Crippen LogP contribution in [0.1, 0.15) is 153 Å². The molecule has 0 bridgehead atoms. The smallest absolute Gasteiger partial charge is 0.306 e. The van der Waals surface area contributed by atoms with Gasteiger partial charge in [0.05, 0.1) is 22.4 Å². The zero-order chi connectivity index (χ0) is 56.5. The molecule has 75 heavy (non-hydrogen) atoms. The standard InChI is InChI=1S/C54H83N7O12S2/c1-13-32(4)38(27-46(65)54(7,8)59(9)10)51(69)60(11)41(31(2)3)28-44(73-34(6)62)50-58-40(30-75-50)49(68)56-37(23-33(5)43(64)26-36(53(71)72)17-14-15-21-55)24-35-19-20-42(63)39(25-35)57-47(66)18-16-22-61-48(67)29-45(74-12)52(61)70/h19-20,25,30-33,36-38,41,44-45,63H,13-18,21-24,26-29,55H2,1-12H3,(H,56,68)(H,57,66)(H,71,72)/t32-,33?,36+,37+,38-,41+,44+,45?/m0/s1. The van der Waals surface area contributed by atoms with E-state index < -0.39 is 70.5 Å². The first-order valence-electron chi connectivity index (χ1n) is 26.0. The lowest BCUT2D eigenvalue weighted by Gasteiger charge is -2.38. The number of likely N-dealkylation sites (N-methyl/N-ethyl adjacent to an activating group) is 1. The van der Waals surface area contributed by atoms with Crippen molar-refractivity contribution in [2.24, 2.45) is 35.3 Å². The van der Waals surface area contributed by atoms with Gasteiger partial charge >= 0.3 is 11.9 Å². The van der Waals surface area contributed by atoms with Crippen LogP contribution in [-0.4, -0.2) is 146 Å². The Hall–Kier alpha value is -5.25. The van der Waals surface area contributed by atoms with E-state index in [1.54, 1.807) is 37.3 Å². The Morgan fingerprint density at radius 3 is 2.27 bits per heavy atom. The van der Waals surface area contributed by atoms with Crippen LogP contribution >= 0.6 is 23.1 Å². The van der Waals surface area contributed by atoms with Gasteiger partial charge in [0.1, 0.15) is 22.2 Å². The predicted octanol–water partition coefficient (Wildman–Crippen LogP) is 6.65. The number of phenolic OH excluding ortho intramolecular Hbond substituents is 1. The largest absolute Gasteiger partial charge is 0.506 e. The average molecular weight is 1090 g/mol. The number of hydrogen-bond acceptors (Lipinski definition) is 16. The number of rotatable bonds is 33. The predicted molar refractivity (Wildman–Crippen MR) is 290 cm³/mol. The number of phenols is 1. The zero-order valence-electron chi connectivity index (χ0n) is 46.1. The van der Waals surface area contributed by atoms with Crippen LogP contribution in [0.25, 0.3) is 0 Å². The van der Waals surface area contributed by atoms with Crippen molar-refractivity contribution in [3.8, 4) is 5.75 Å². The minimum Gasteiger partial charge on any atom is -0.506 e. The van der Waals surface area contributed by atoms with E-state index in [2.05, 4.69) is 15.6 Å². The number of ketones is 2. The first-order valence-corrected chi connectivity index (χ1v) is 28.2. The van der Waals surface area contributed by atoms with Crippen LogP contribution in [0, 0.1) is 29.6 Å². The van der Waals surface area contributed by atoms with Crippen molar-refractivity contribution in [1.29, 1.82) is 0 Å². The molecular formula is C54H83N7O12S2. The summed E-state index contributed by atoms with van der Waals surface area (Å²) in [6.07, 6.45) is 3.32. The van der Waals surface area contributed by atoms with Gasteiger partial charge in [0.25, 0.3) is 5.91 Å². The quantitative estimate of drug-likeness (QED) is 0.0216. The highest BCUT2D eigenvalue weighted by molar-refractivity contribution is 8.00. The molecule has 2 heterocycles. The summed E-state index contributed by atoms with van der Waals surface area (Å²) in [5.74, 6) is -6.61. The molecular weight excluding hydrogens is 1000 g/mol. The Labute approximate surface area is 451 Å². The van der Waals surface area contributed by atoms with Crippen LogP contribution in [0.5, 0.6) is 5.75 Å². The number of carbonyl (C=O) groups is 9. The van der Waals surface area contributed by atoms with Crippen LogP contribution in [-0.2, 0) is 49.5 Å². The highest BCUT2D eigenvalue weighted by Gasteiger charge is 2.40. The van der Waals surface area contributed by atoms with Gasteiger partial charge in [-0.05, 0) is 102 Å². The molecule has 1 aromatic heterocycles. The van der Waals surface area contributed by atoms with Gasteiger partial charge in [0, 0.05) is 81.9 Å². The van der Waals surface area contributed by atoms with Crippen LogP contribution in [0.15, 0.2) is 23.6 Å². The third-order valence-electron chi connectivity index (χ3n) is 14.7. The topological polar surface area (TPSA) is 276 Å². The molecule has 0 aliphatic carbocycles. The van der Waals surface area contributed by atoms with Gasteiger partial charge in [0.15, 0.2) is 11.9 Å². The summed E-state index contributed by atoms with van der Waals surface area (Å²) in [6.45, 7) is 14.9. The Morgan fingerprint density at radius 1 is 1.01 bits per heavy atom. The molecule has 418 valence electrons. The molecule has 1 aliphatic heterocycles. The molecule has 2 unspecified atom stereocenters. The first kappa shape index (κ1) is 64.0. The number of esters is 1. The Balaban J connectivity index is 1.91. The molecule has 3 rings (SSSR count). The molecule has 2 aromatic rings. The summed E-state index contributed by atoms with van der Waals surface area (Å²) < 4.78 is 5.85. The number of hydrogen-bond donors (Lipinski definition) is 5. The molecule has 1 fully saturated rings. The van der Waals surface area contributed by atoms with Gasteiger partial charge in [-0.15, -0.1) is 11.3 Å². The van der Waals surface area contributed by atoms with E-state index in [0.717, 1.165) is 16.2 Å². The van der Waals surface area contributed by atoms with Crippen molar-refractivity contribution in [1.82, 2.24) is 25.0 Å². The maximum absolute atomic E-state index is 14.4. The van der Waals surface area contributed by atoms with Gasteiger partial charge < -0.3 is 36.2 Å². The number of likely N-dealkylation sites (tertiary alicyclic amines) is 1. The summed E-state index contributed by atoms with van der Waals surface area (Å²) in [6, 6.07) is 3.29. The normalized spacial score (nSPS) is 16.7. The zero-order valence-corrected chi connectivity index (χ0v) is 47.7. The maximum Gasteiger partial charge on any atom is 0.306 e. The molecule has 21 heteroatoms. The Kier molecular flexibility index (Phi) is 25.5. The second-order valence-electron chi connectivity index (χ2n) is 21.1. The lowest BCUT2D eigenvalue weighted by atomic mass is 9.81. The number of thiazole rings is 1. The number of aliphatic carboxylic acids is 1. The lowest BCUT2D eigenvalue weighted by Crippen LogP contribution is -2.50. The molecule has 1 aliphatic rings. The summed E-state index contributed by atoms with van der Waals surface area (Å²) in [4.78, 5) is 128. The summed E-state index contributed by atoms with van der Waals surface area (Å²) >= 11 is 2.40. The highest BCUT2D eigenvalue weighted by Crippen LogP contribution is 2.34. The third-order valence-corrected chi connectivity index (χ3v) is 16.6. The number of carboxylic acid groups (broad SMARTS) is 1. The number of benzene rings is 1. The van der Waals surface area contributed by atoms with Gasteiger partial charge in [-0.25, -0.2) is 4.98 Å². The fourth-order valence-electron chi connectivity index (χ4n) is 9.06. The van der Waals surface area contributed by atoms with Crippen molar-refractivity contribution >= 4 is 81.8 Å². The van der Waals surface area contributed by atoms with Crippen molar-refractivity contribution < 1.29 is 58.1 Å². The van der Waals surface area contributed by atoms with Gasteiger partial charge in [0.2, 0.25) is 23.6 Å². The van der Waals surface area contributed by atoms with Crippen LogP contribution < -0.4 is 16.4 Å². The maximum atomic E-state index is 14.4. The van der Waals surface area contributed by atoms with Gasteiger partial charge in [-0.2, -0.15) is 11.8 Å². The van der Waals surface area contributed by atoms with Gasteiger partial charge in [-0.1, -0.05) is 53.5 Å². The number of unbranched alkanes of at least 4 members (excludes halogenated alkanes) is 1. The molecule has 1 aromatic carbocycles. The Morgan fingerprint density at radius 2 is 1.69 bits per heavy atom. The number of amides is 5. The van der Waals surface area contributed by atoms with E-state index in [9.17, 15) is 53.4 Å². The number of ether oxygens (including phenoxy) is 1. The number of aromatic nitrogens is 1. The van der Waals surface area contributed by atoms with E-state index in [-0.39, 0.29) is 123 Å². The molecule has 0 spiro atoms. The van der Waals surface area contributed by atoms with Crippen LogP contribution in [0.4, 0.5) is 5.69 Å². The second kappa shape index (κ2) is 29.9. The van der Waals surface area contributed by atoms with E-state index >= 15 is 0 Å². The molecule has 19 nitrogen and oxygen atoms in total. The molecule has 5 amide bonds. The number of imide groups is 1. The van der Waals surface area contributed by atoms with E-state index in [0.29, 0.717) is 36.4 Å². The van der Waals surface area contributed by atoms with Crippen LogP contribution in [0.2, 0.25) is 0 Å². The van der Waals surface area contributed by atoms with E-state index in [1.165, 1.54) is 30.1 Å². The van der Waals surface area contributed by atoms with Crippen molar-refractivity contribution in [2.75, 3.05) is 45.8 Å². The number of nitrogens with one attached hydrogen (secondary N) is 2. The average Bonchev–Trinajstić information content (AvgIpc) is 3.95. The summed E-state index contributed by atoms with van der Waals surface area (Å²) in [5.41, 5.74) is 5.46. The molecule has 1 saturated heterocycles. The summed E-state index contributed by atoms with van der Waals surface area (Å²) in [7, 11) is 5.35. The van der Waals surface area contributed by atoms with E-state index in [1.807, 2.05) is 60.5 Å². The number of carbonyl (C=O) groups excluding carboxylic acids is 8. The SMILES string of the molecule is CC[C@H](C)[C@H](CC(=O)C(C)(C)N(C)C)C(=O)N(C)[C@H](C[C@@H](OC(C)=O)c1nc(C(=O)N[C@@H](Cc2ccc(O)c(NC(=O)CCCN3C(=O)CC(SC)C3=O)c2)CC(C)C(=O)C[C@@H](CCCCN)C(=O)O)cs1)C(C)C. The minimum absolute atomic E-state index is 0.00804. The van der Waals surface area contributed by atoms with Crippen molar-refractivity contribution in [2.45, 2.75) is 161 Å². The molecule has 6 N–H and O–H groups in total. The molecule has 8 atom stereocenters. The number of aromatic hydroxyl groups is 1. The second-order valence-corrected chi connectivity index (χ2v) is 23.0. The highest BCUT2D eigenvalue weighted by atomic mass is 32.2. The first-order chi connectivity index (χ1) is 35.2. The number of nitrogens with zero attached hydrogens (tertiary/aromatic N) is 4. The minimum atomic E-state index is -1.09. The van der Waals surface area contributed by atoms with E-state index in [4.69, 9.17) is 10.5 Å². The Bertz CT molecular complexity index is 2320. The fraction of sp³-hybridized carbons (Fsp3) is 0.667. The monoisotopic (exact) mass is 1090 g/mol. The number of Topliss-reactive ketones (excluding diaryl/α,β-unsaturated/α-hetero) is 2. The number of anilines is 1. The third kappa shape index (κ3) is 18.8. The number of nitrogens with two attached hydrogens (primary N) is 1. The summed E-state index contributed by atoms with van der Waals surface area (Å²) in [5, 5.41) is 27.8. The van der Waals surface area contributed by atoms with Crippen LogP contribution in [0.3, 0.4) is 0 Å². The van der Waals surface area contributed by atoms with Crippen molar-refractivity contribution in [3.05, 3.63) is 39.8 Å². The lowest BCUT2D eigenvalue weighted by molar-refractivity contribution is -0.150.